The van der Waals surface area contributed by atoms with Gasteiger partial charge < -0.3 is 4.90 Å². The monoisotopic (exact) mass is 341 g/mol. The number of halogens is 3. The second kappa shape index (κ2) is 11.1. The van der Waals surface area contributed by atoms with Gasteiger partial charge >= 0.3 is 0 Å². The van der Waals surface area contributed by atoms with Crippen LogP contribution in [0.3, 0.4) is 0 Å². The standard InChI is InChI=1S/C14H21Cl2NS.ClH/c1-3-17(4-2)8-5-9-18-11-12-6-7-13(15)10-14(12)16;/h6-7,10H,3-5,8-9,11H2,1-2H3;1H. The highest BCUT2D eigenvalue weighted by atomic mass is 35.5. The normalized spacial score (nSPS) is 10.6. The predicted octanol–water partition coefficient (Wildman–Crippen LogP) is 5.38. The van der Waals surface area contributed by atoms with Crippen LogP contribution in [0.5, 0.6) is 0 Å². The molecule has 5 heteroatoms. The first-order chi connectivity index (χ1) is 8.67. The molecule has 0 N–H and O–H groups in total. The lowest BCUT2D eigenvalue weighted by Crippen LogP contribution is -2.24. The summed E-state index contributed by atoms with van der Waals surface area (Å²) in [6.45, 7) is 7.90. The van der Waals surface area contributed by atoms with Crippen molar-refractivity contribution < 1.29 is 0 Å². The van der Waals surface area contributed by atoms with Gasteiger partial charge in [-0.15, -0.1) is 12.4 Å². The van der Waals surface area contributed by atoms with Crippen molar-refractivity contribution in [1.29, 1.82) is 0 Å². The van der Waals surface area contributed by atoms with E-state index < -0.39 is 0 Å². The molecule has 0 aromatic heterocycles. The first-order valence-electron chi connectivity index (χ1n) is 6.41. The van der Waals surface area contributed by atoms with E-state index in [0.717, 1.165) is 23.9 Å². The third-order valence-electron chi connectivity index (χ3n) is 2.93. The molecule has 0 bridgehead atoms. The molecule has 1 aromatic carbocycles. The van der Waals surface area contributed by atoms with Gasteiger partial charge in [0.15, 0.2) is 0 Å². The molecule has 110 valence electrons. The Morgan fingerprint density at radius 1 is 1.16 bits per heavy atom. The molecule has 1 aromatic rings. The average Bonchev–Trinajstić information content (AvgIpc) is 2.36. The fraction of sp³-hybridized carbons (Fsp3) is 0.571. The molecule has 0 atom stereocenters. The number of rotatable bonds is 8. The third-order valence-corrected chi connectivity index (χ3v) is 4.61. The van der Waals surface area contributed by atoms with E-state index in [4.69, 9.17) is 23.2 Å². The van der Waals surface area contributed by atoms with Gasteiger partial charge in [0, 0.05) is 15.8 Å². The molecule has 0 aliphatic heterocycles. The van der Waals surface area contributed by atoms with E-state index in [1.807, 2.05) is 30.0 Å². The molecule has 0 saturated heterocycles. The predicted molar refractivity (Wildman–Crippen MR) is 92.3 cm³/mol. The van der Waals surface area contributed by atoms with Gasteiger partial charge in [-0.1, -0.05) is 43.1 Å². The second-order valence-corrected chi connectivity index (χ2v) is 6.12. The Bertz CT molecular complexity index is 357. The van der Waals surface area contributed by atoms with Crippen molar-refractivity contribution in [2.75, 3.05) is 25.4 Å². The summed E-state index contributed by atoms with van der Waals surface area (Å²) < 4.78 is 0. The van der Waals surface area contributed by atoms with Gasteiger partial charge in [0.1, 0.15) is 0 Å². The summed E-state index contributed by atoms with van der Waals surface area (Å²) in [5, 5.41) is 1.48. The molecule has 0 aliphatic carbocycles. The maximum atomic E-state index is 6.13. The lowest BCUT2D eigenvalue weighted by atomic mass is 10.2. The molecule has 19 heavy (non-hydrogen) atoms. The van der Waals surface area contributed by atoms with E-state index in [1.54, 1.807) is 0 Å². The van der Waals surface area contributed by atoms with Gasteiger partial charge in [0.25, 0.3) is 0 Å². The minimum Gasteiger partial charge on any atom is -0.304 e. The quantitative estimate of drug-likeness (QED) is 0.583. The maximum Gasteiger partial charge on any atom is 0.0461 e. The van der Waals surface area contributed by atoms with E-state index in [2.05, 4.69) is 18.7 Å². The zero-order valence-electron chi connectivity index (χ0n) is 11.5. The summed E-state index contributed by atoms with van der Waals surface area (Å²) in [4.78, 5) is 2.45. The molecule has 0 radical (unpaired) electrons. The van der Waals surface area contributed by atoms with Crippen LogP contribution in [0, 0.1) is 0 Å². The zero-order valence-corrected chi connectivity index (χ0v) is 14.6. The Labute approximate surface area is 137 Å². The Balaban J connectivity index is 0.00000324. The van der Waals surface area contributed by atoms with Gasteiger partial charge in [-0.05, 0) is 49.5 Å². The minimum atomic E-state index is 0. The van der Waals surface area contributed by atoms with E-state index in [-0.39, 0.29) is 12.4 Å². The van der Waals surface area contributed by atoms with Crippen molar-refractivity contribution in [2.45, 2.75) is 26.0 Å². The Hall–Kier alpha value is 0.400. The Morgan fingerprint density at radius 2 is 1.84 bits per heavy atom. The van der Waals surface area contributed by atoms with E-state index >= 15 is 0 Å². The number of thioether (sulfide) groups is 1. The zero-order chi connectivity index (χ0) is 13.4. The van der Waals surface area contributed by atoms with Crippen LogP contribution >= 0.6 is 47.4 Å². The summed E-state index contributed by atoms with van der Waals surface area (Å²) in [7, 11) is 0. The summed E-state index contributed by atoms with van der Waals surface area (Å²) in [6, 6.07) is 5.73. The van der Waals surface area contributed by atoms with Crippen LogP contribution in [-0.2, 0) is 5.75 Å². The fourth-order valence-electron chi connectivity index (χ4n) is 1.75. The van der Waals surface area contributed by atoms with Crippen molar-refractivity contribution in [3.8, 4) is 0 Å². The second-order valence-electron chi connectivity index (χ2n) is 4.17. The minimum absolute atomic E-state index is 0. The van der Waals surface area contributed by atoms with Crippen LogP contribution < -0.4 is 0 Å². The number of hydrogen-bond donors (Lipinski definition) is 0. The van der Waals surface area contributed by atoms with Crippen molar-refractivity contribution >= 4 is 47.4 Å². The van der Waals surface area contributed by atoms with E-state index in [1.165, 1.54) is 24.3 Å². The molecule has 1 nitrogen and oxygen atoms in total. The maximum absolute atomic E-state index is 6.13. The number of hydrogen-bond acceptors (Lipinski definition) is 2. The highest BCUT2D eigenvalue weighted by molar-refractivity contribution is 7.98. The number of nitrogens with zero attached hydrogens (tertiary/aromatic N) is 1. The van der Waals surface area contributed by atoms with Gasteiger partial charge in [-0.25, -0.2) is 0 Å². The summed E-state index contributed by atoms with van der Waals surface area (Å²) in [5.74, 6) is 2.14. The Kier molecular flexibility index (Phi) is 11.3. The van der Waals surface area contributed by atoms with Crippen LogP contribution in [0.1, 0.15) is 25.8 Å². The molecular weight excluding hydrogens is 321 g/mol. The molecule has 0 aliphatic rings. The van der Waals surface area contributed by atoms with Crippen LogP contribution in [0.2, 0.25) is 10.0 Å². The highest BCUT2D eigenvalue weighted by Gasteiger charge is 2.02. The van der Waals surface area contributed by atoms with E-state index in [9.17, 15) is 0 Å². The first kappa shape index (κ1) is 19.4. The first-order valence-corrected chi connectivity index (χ1v) is 8.32. The summed E-state index contributed by atoms with van der Waals surface area (Å²) in [5.41, 5.74) is 1.17. The SMILES string of the molecule is CCN(CC)CCCSCc1ccc(Cl)cc1Cl.Cl. The van der Waals surface area contributed by atoms with Crippen molar-refractivity contribution in [1.82, 2.24) is 4.90 Å². The summed E-state index contributed by atoms with van der Waals surface area (Å²) in [6.07, 6.45) is 1.23. The van der Waals surface area contributed by atoms with Crippen LogP contribution in [0.25, 0.3) is 0 Å². The molecule has 0 fully saturated rings. The van der Waals surface area contributed by atoms with Crippen LogP contribution in [-0.4, -0.2) is 30.3 Å². The van der Waals surface area contributed by atoms with Crippen LogP contribution in [0.15, 0.2) is 18.2 Å². The molecule has 0 saturated carbocycles. The molecule has 0 amide bonds. The molecule has 0 spiro atoms. The van der Waals surface area contributed by atoms with Crippen molar-refractivity contribution in [2.24, 2.45) is 0 Å². The third kappa shape index (κ3) is 7.67. The van der Waals surface area contributed by atoms with Gasteiger partial charge in [-0.3, -0.25) is 0 Å². The highest BCUT2D eigenvalue weighted by Crippen LogP contribution is 2.24. The van der Waals surface area contributed by atoms with Gasteiger partial charge in [0.05, 0.1) is 0 Å². The van der Waals surface area contributed by atoms with Crippen LogP contribution in [0.4, 0.5) is 0 Å². The number of benzene rings is 1. The van der Waals surface area contributed by atoms with Crippen molar-refractivity contribution in [3.05, 3.63) is 33.8 Å². The van der Waals surface area contributed by atoms with E-state index in [0.29, 0.717) is 5.02 Å². The largest absolute Gasteiger partial charge is 0.304 e. The molecule has 0 heterocycles. The smallest absolute Gasteiger partial charge is 0.0461 e. The fourth-order valence-corrected chi connectivity index (χ4v) is 3.25. The molecule has 1 rings (SSSR count). The van der Waals surface area contributed by atoms with Gasteiger partial charge in [0.2, 0.25) is 0 Å². The van der Waals surface area contributed by atoms with Crippen molar-refractivity contribution in [3.63, 3.8) is 0 Å². The lowest BCUT2D eigenvalue weighted by Gasteiger charge is -2.17. The van der Waals surface area contributed by atoms with Gasteiger partial charge in [-0.2, -0.15) is 11.8 Å². The summed E-state index contributed by atoms with van der Waals surface area (Å²) >= 11 is 13.9. The Morgan fingerprint density at radius 3 is 2.42 bits per heavy atom. The lowest BCUT2D eigenvalue weighted by molar-refractivity contribution is 0.305. The molecule has 0 unspecified atom stereocenters. The molecular formula is C14H22Cl3NS. The topological polar surface area (TPSA) is 3.24 Å². The average molecular weight is 343 g/mol.